The minimum absolute atomic E-state index is 0.750. The lowest BCUT2D eigenvalue weighted by atomic mass is 10.1. The van der Waals surface area contributed by atoms with E-state index in [1.165, 1.54) is 11.1 Å². The van der Waals surface area contributed by atoms with Crippen molar-refractivity contribution in [2.24, 2.45) is 11.5 Å². The van der Waals surface area contributed by atoms with E-state index in [1.54, 1.807) is 5.32 Å². The maximum Gasteiger partial charge on any atom is 0.320 e. The zero-order valence-corrected chi connectivity index (χ0v) is 12.4. The fraction of sp³-hybridized carbons (Fsp3) is 0.0625. The molecule has 0 aliphatic carbocycles. The Morgan fingerprint density at radius 2 is 1.17 bits per heavy atom. The van der Waals surface area contributed by atoms with E-state index in [9.17, 15) is 9.59 Å². The molecule has 0 spiro atoms. The van der Waals surface area contributed by atoms with Crippen LogP contribution in [0.15, 0.2) is 60.7 Å². The van der Waals surface area contributed by atoms with E-state index in [-0.39, 0.29) is 0 Å². The van der Waals surface area contributed by atoms with Crippen LogP contribution in [0, 0.1) is 5.41 Å². The van der Waals surface area contributed by atoms with E-state index in [1.807, 2.05) is 0 Å². The molecule has 0 saturated heterocycles. The van der Waals surface area contributed by atoms with Gasteiger partial charge in [-0.05, 0) is 17.5 Å². The minimum atomic E-state index is -0.938. The lowest BCUT2D eigenvalue weighted by molar-refractivity contribution is 0.236. The number of urea groups is 2. The summed E-state index contributed by atoms with van der Waals surface area (Å²) in [7, 11) is 0. The highest BCUT2D eigenvalue weighted by Gasteiger charge is 1.93. The van der Waals surface area contributed by atoms with Gasteiger partial charge in [0.05, 0.1) is 0 Å². The van der Waals surface area contributed by atoms with Crippen LogP contribution >= 0.6 is 0 Å². The third kappa shape index (κ3) is 12.0. The maximum atomic E-state index is 9.62. The van der Waals surface area contributed by atoms with Gasteiger partial charge in [-0.2, -0.15) is 0 Å². The zero-order chi connectivity index (χ0) is 17.5. The normalized spacial score (nSPS) is 8.17. The van der Waals surface area contributed by atoms with E-state index < -0.39 is 12.1 Å². The number of carbonyl (C=O) groups is 2. The van der Waals surface area contributed by atoms with Gasteiger partial charge >= 0.3 is 12.1 Å². The molecule has 2 rings (SSSR count). The first-order valence-electron chi connectivity index (χ1n) is 6.47. The number of hydrogen-bond donors (Lipinski definition) is 4. The van der Waals surface area contributed by atoms with Gasteiger partial charge in [0.15, 0.2) is 0 Å². The number of nitrogens with two attached hydrogens (primary N) is 2. The molecule has 0 bridgehead atoms. The molecule has 2 aromatic rings. The fourth-order valence-electron chi connectivity index (χ4n) is 1.55. The molecule has 23 heavy (non-hydrogen) atoms. The van der Waals surface area contributed by atoms with Gasteiger partial charge in [0.2, 0.25) is 6.08 Å². The quantitative estimate of drug-likeness (QED) is 0.497. The van der Waals surface area contributed by atoms with Crippen molar-refractivity contribution in [3.63, 3.8) is 0 Å². The summed E-state index contributed by atoms with van der Waals surface area (Å²) in [6, 6.07) is 19.2. The Bertz CT molecular complexity index is 575. The maximum absolute atomic E-state index is 9.62. The molecule has 7 nitrogen and oxygen atoms in total. The first kappa shape index (κ1) is 19.6. The summed E-state index contributed by atoms with van der Waals surface area (Å²) in [5.74, 6) is 0. The van der Waals surface area contributed by atoms with Crippen molar-refractivity contribution >= 4 is 18.1 Å². The molecule has 0 aliphatic heterocycles. The number of primary amides is 2. The van der Waals surface area contributed by atoms with Crippen LogP contribution in [0.5, 0.6) is 0 Å². The monoisotopic (exact) mass is 314 g/mol. The first-order valence-corrected chi connectivity index (χ1v) is 6.47. The van der Waals surface area contributed by atoms with Gasteiger partial charge in [-0.1, -0.05) is 60.7 Å². The second-order valence-electron chi connectivity index (χ2n) is 4.10. The van der Waals surface area contributed by atoms with Gasteiger partial charge in [-0.25, -0.2) is 19.8 Å². The van der Waals surface area contributed by atoms with Crippen molar-refractivity contribution in [1.29, 1.82) is 5.41 Å². The molecule has 2 aromatic carbocycles. The third-order valence-corrected chi connectivity index (χ3v) is 2.34. The lowest BCUT2D eigenvalue weighted by Gasteiger charge is -2.00. The Labute approximate surface area is 133 Å². The van der Waals surface area contributed by atoms with Crippen molar-refractivity contribution in [1.82, 2.24) is 5.32 Å². The van der Waals surface area contributed by atoms with Crippen LogP contribution in [-0.2, 0) is 11.2 Å². The second-order valence-corrected chi connectivity index (χ2v) is 4.10. The SMILES string of the molecule is N=C=O.NC(=O)NC(N)=O.c1ccc(Cc2ccccc2)cc1. The number of isocyanates is 1. The van der Waals surface area contributed by atoms with Gasteiger partial charge in [0, 0.05) is 0 Å². The Kier molecular flexibility index (Phi) is 10.5. The molecule has 0 aliphatic rings. The molecule has 0 atom stereocenters. The summed E-state index contributed by atoms with van der Waals surface area (Å²) < 4.78 is 0. The van der Waals surface area contributed by atoms with Crippen LogP contribution in [0.25, 0.3) is 0 Å². The standard InChI is InChI=1S/C13H12.C2H5N3O2.CHNO/c1-3-7-12(8-4-1)11-13-9-5-2-6-10-13;3-1(6)5-2(4)7;2-1-3/h1-10H,11H2;(H5,3,4,5,6,7);2H. The Hall–Kier alpha value is -3.44. The molecule has 6 N–H and O–H groups in total. The van der Waals surface area contributed by atoms with Crippen molar-refractivity contribution < 1.29 is 14.4 Å². The number of imide groups is 1. The van der Waals surface area contributed by atoms with Crippen LogP contribution in [0.4, 0.5) is 9.59 Å². The predicted molar refractivity (Wildman–Crippen MR) is 86.4 cm³/mol. The molecule has 4 amide bonds. The van der Waals surface area contributed by atoms with Crippen LogP contribution in [0.3, 0.4) is 0 Å². The average molecular weight is 314 g/mol. The topological polar surface area (TPSA) is 139 Å². The number of benzene rings is 2. The van der Waals surface area contributed by atoms with E-state index in [0.717, 1.165) is 12.5 Å². The number of hydrogen-bond acceptors (Lipinski definition) is 4. The predicted octanol–water partition coefficient (Wildman–Crippen LogP) is 1.91. The van der Waals surface area contributed by atoms with Crippen LogP contribution < -0.4 is 16.8 Å². The van der Waals surface area contributed by atoms with E-state index >= 15 is 0 Å². The molecule has 0 fully saturated rings. The molecule has 0 saturated carbocycles. The summed E-state index contributed by atoms with van der Waals surface area (Å²) in [5, 5.41) is 6.99. The van der Waals surface area contributed by atoms with Crippen molar-refractivity contribution in [3.05, 3.63) is 71.8 Å². The molecule has 0 heterocycles. The van der Waals surface area contributed by atoms with Gasteiger partial charge in [0.25, 0.3) is 0 Å². The molecular weight excluding hydrogens is 296 g/mol. The molecule has 0 unspecified atom stereocenters. The summed E-state index contributed by atoms with van der Waals surface area (Å²) in [4.78, 5) is 27.6. The highest BCUT2D eigenvalue weighted by atomic mass is 16.2. The van der Waals surface area contributed by atoms with Gasteiger partial charge in [-0.3, -0.25) is 5.32 Å². The van der Waals surface area contributed by atoms with E-state index in [4.69, 9.17) is 10.2 Å². The third-order valence-electron chi connectivity index (χ3n) is 2.34. The van der Waals surface area contributed by atoms with Gasteiger partial charge in [-0.15, -0.1) is 0 Å². The number of rotatable bonds is 2. The smallest absolute Gasteiger partial charge is 0.320 e. The molecular formula is C16H18N4O3. The number of nitrogens with one attached hydrogen (secondary N) is 2. The first-order chi connectivity index (χ1) is 11.0. The van der Waals surface area contributed by atoms with Gasteiger partial charge in [0.1, 0.15) is 0 Å². The van der Waals surface area contributed by atoms with Gasteiger partial charge < -0.3 is 11.5 Å². The minimum Gasteiger partial charge on any atom is -0.351 e. The summed E-state index contributed by atoms with van der Waals surface area (Å²) >= 11 is 0. The molecule has 7 heteroatoms. The lowest BCUT2D eigenvalue weighted by Crippen LogP contribution is -2.38. The van der Waals surface area contributed by atoms with Crippen LogP contribution in [0.1, 0.15) is 11.1 Å². The van der Waals surface area contributed by atoms with Crippen molar-refractivity contribution in [2.45, 2.75) is 6.42 Å². The van der Waals surface area contributed by atoms with E-state index in [0.29, 0.717) is 0 Å². The van der Waals surface area contributed by atoms with E-state index in [2.05, 4.69) is 72.1 Å². The Balaban J connectivity index is 0.000000412. The number of amides is 4. The van der Waals surface area contributed by atoms with Crippen molar-refractivity contribution in [2.75, 3.05) is 0 Å². The second kappa shape index (κ2) is 12.3. The van der Waals surface area contributed by atoms with Crippen molar-refractivity contribution in [3.8, 4) is 0 Å². The summed E-state index contributed by atoms with van der Waals surface area (Å²) in [6.07, 6.45) is 1.78. The fourth-order valence-corrected chi connectivity index (χ4v) is 1.55. The Morgan fingerprint density at radius 3 is 1.39 bits per heavy atom. The Morgan fingerprint density at radius 1 is 0.870 bits per heavy atom. The van der Waals surface area contributed by atoms with Crippen LogP contribution in [0.2, 0.25) is 0 Å². The molecule has 0 radical (unpaired) electrons. The zero-order valence-electron chi connectivity index (χ0n) is 12.4. The van der Waals surface area contributed by atoms with Crippen LogP contribution in [-0.4, -0.2) is 18.1 Å². The highest BCUT2D eigenvalue weighted by molar-refractivity contribution is 5.91. The summed E-state index contributed by atoms with van der Waals surface area (Å²) in [6.45, 7) is 0. The largest absolute Gasteiger partial charge is 0.351 e. The molecule has 0 aromatic heterocycles. The molecule has 120 valence electrons. The highest BCUT2D eigenvalue weighted by Crippen LogP contribution is 2.07. The number of carbonyl (C=O) groups excluding carboxylic acids is 3. The average Bonchev–Trinajstić information content (AvgIpc) is 2.49. The summed E-state index contributed by atoms with van der Waals surface area (Å²) in [5.41, 5.74) is 11.6.